The lowest BCUT2D eigenvalue weighted by Crippen LogP contribution is -2.39. The third-order valence-corrected chi connectivity index (χ3v) is 6.18. The predicted octanol–water partition coefficient (Wildman–Crippen LogP) is 5.25. The third kappa shape index (κ3) is 5.39. The van der Waals surface area contributed by atoms with Crippen LogP contribution in [0.15, 0.2) is 66.7 Å². The van der Waals surface area contributed by atoms with Crippen molar-refractivity contribution in [1.82, 2.24) is 30.8 Å². The molecule has 0 aliphatic rings. The first kappa shape index (κ1) is 24.3. The summed E-state index contributed by atoms with van der Waals surface area (Å²) in [6.45, 7) is -0.190. The van der Waals surface area contributed by atoms with Gasteiger partial charge in [-0.1, -0.05) is 48.0 Å². The Hall–Kier alpha value is -4.44. The highest BCUT2D eigenvalue weighted by Crippen LogP contribution is 2.31. The van der Waals surface area contributed by atoms with Crippen molar-refractivity contribution >= 4 is 34.4 Å². The summed E-state index contributed by atoms with van der Waals surface area (Å²) in [7, 11) is 0. The number of benzene rings is 3. The van der Waals surface area contributed by atoms with Crippen LogP contribution in [0.5, 0.6) is 0 Å². The largest absolute Gasteiger partial charge is 0.382 e. The number of rotatable bonds is 7. The Balaban J connectivity index is 1.39. The van der Waals surface area contributed by atoms with Crippen molar-refractivity contribution in [3.8, 4) is 11.3 Å². The van der Waals surface area contributed by atoms with Gasteiger partial charge in [0.2, 0.25) is 0 Å². The fourth-order valence-corrected chi connectivity index (χ4v) is 4.29. The van der Waals surface area contributed by atoms with E-state index in [1.165, 1.54) is 0 Å². The van der Waals surface area contributed by atoms with E-state index in [-0.39, 0.29) is 12.1 Å². The standard InChI is InChI=1S/C26H22ClF2N7O/c27-23-22(15-6-8-18-20(12-15)35-36-24(18)30)33-25(34-23)21(10-14-4-2-1-3-5-14)32-26(37)31-13-16-11-17(28)7-9-19(16)29/h1-9,11-12,21H,10,13H2,(H,33,34)(H3,30,35,36)(H2,31,32,37)/t21-/m0/s1. The van der Waals surface area contributed by atoms with Gasteiger partial charge in [0.1, 0.15) is 28.3 Å². The maximum absolute atomic E-state index is 14.0. The van der Waals surface area contributed by atoms with E-state index in [0.717, 1.165) is 40.2 Å². The molecule has 5 rings (SSSR count). The number of nitrogen functional groups attached to an aromatic ring is 1. The summed E-state index contributed by atoms with van der Waals surface area (Å²) in [5, 5.41) is 13.4. The maximum Gasteiger partial charge on any atom is 0.315 e. The van der Waals surface area contributed by atoms with Crippen LogP contribution < -0.4 is 16.4 Å². The molecule has 37 heavy (non-hydrogen) atoms. The Morgan fingerprint density at radius 1 is 1.08 bits per heavy atom. The molecular weight excluding hydrogens is 500 g/mol. The molecule has 6 N–H and O–H groups in total. The maximum atomic E-state index is 14.0. The minimum absolute atomic E-state index is 0.0351. The quantitative estimate of drug-likeness (QED) is 0.200. The van der Waals surface area contributed by atoms with E-state index in [1.807, 2.05) is 48.5 Å². The van der Waals surface area contributed by atoms with E-state index >= 15 is 0 Å². The number of halogens is 3. The number of nitrogens with one attached hydrogen (secondary N) is 4. The number of urea groups is 1. The molecule has 0 fully saturated rings. The fourth-order valence-electron chi connectivity index (χ4n) is 4.04. The molecule has 0 unspecified atom stereocenters. The van der Waals surface area contributed by atoms with Gasteiger partial charge < -0.3 is 21.4 Å². The van der Waals surface area contributed by atoms with Gasteiger partial charge in [-0.25, -0.2) is 18.6 Å². The van der Waals surface area contributed by atoms with Crippen LogP contribution in [0.3, 0.4) is 0 Å². The second-order valence-corrected chi connectivity index (χ2v) is 8.84. The average Bonchev–Trinajstić information content (AvgIpc) is 3.47. The number of carbonyl (C=O) groups excluding carboxylic acids is 1. The molecule has 0 spiro atoms. The van der Waals surface area contributed by atoms with Gasteiger partial charge in [0.15, 0.2) is 5.82 Å². The number of imidazole rings is 1. The zero-order valence-electron chi connectivity index (χ0n) is 19.4. The molecule has 0 saturated heterocycles. The Morgan fingerprint density at radius 2 is 1.89 bits per heavy atom. The number of hydrogen-bond acceptors (Lipinski definition) is 4. The number of anilines is 1. The monoisotopic (exact) mass is 521 g/mol. The van der Waals surface area contributed by atoms with Gasteiger partial charge in [0, 0.05) is 23.1 Å². The van der Waals surface area contributed by atoms with Crippen LogP contribution in [0.1, 0.15) is 23.0 Å². The third-order valence-electron chi connectivity index (χ3n) is 5.91. The van der Waals surface area contributed by atoms with Crippen molar-refractivity contribution in [2.75, 3.05) is 5.73 Å². The lowest BCUT2D eigenvalue weighted by molar-refractivity contribution is 0.236. The molecule has 0 aliphatic heterocycles. The van der Waals surface area contributed by atoms with Gasteiger partial charge in [-0.15, -0.1) is 0 Å². The molecule has 0 aliphatic carbocycles. The van der Waals surface area contributed by atoms with E-state index in [0.29, 0.717) is 28.9 Å². The molecule has 0 bridgehead atoms. The lowest BCUT2D eigenvalue weighted by atomic mass is 10.1. The second kappa shape index (κ2) is 10.3. The molecule has 2 aromatic heterocycles. The summed E-state index contributed by atoms with van der Waals surface area (Å²) in [6.07, 6.45) is 0.405. The van der Waals surface area contributed by atoms with Crippen LogP contribution in [-0.4, -0.2) is 26.2 Å². The number of nitrogens with two attached hydrogens (primary N) is 1. The number of hydrogen-bond donors (Lipinski definition) is 5. The minimum atomic E-state index is -0.610. The van der Waals surface area contributed by atoms with Crippen LogP contribution in [0.4, 0.5) is 19.4 Å². The number of carbonyl (C=O) groups is 1. The van der Waals surface area contributed by atoms with Crippen LogP contribution in [0.25, 0.3) is 22.2 Å². The summed E-state index contributed by atoms with van der Waals surface area (Å²) < 4.78 is 27.4. The number of nitrogens with zero attached hydrogens (tertiary/aromatic N) is 2. The smallest absolute Gasteiger partial charge is 0.315 e. The van der Waals surface area contributed by atoms with E-state index in [1.54, 1.807) is 0 Å². The molecule has 2 heterocycles. The van der Waals surface area contributed by atoms with Gasteiger partial charge in [-0.3, -0.25) is 5.10 Å². The van der Waals surface area contributed by atoms with Gasteiger partial charge in [-0.05, 0) is 42.3 Å². The highest BCUT2D eigenvalue weighted by atomic mass is 35.5. The van der Waals surface area contributed by atoms with Gasteiger partial charge in [0.05, 0.1) is 11.6 Å². The van der Waals surface area contributed by atoms with Crippen molar-refractivity contribution in [3.63, 3.8) is 0 Å². The Labute approximate surface area is 215 Å². The first-order chi connectivity index (χ1) is 17.9. The number of aromatic nitrogens is 4. The fraction of sp³-hybridized carbons (Fsp3) is 0.115. The first-order valence-electron chi connectivity index (χ1n) is 11.4. The molecule has 188 valence electrons. The van der Waals surface area contributed by atoms with Crippen LogP contribution in [0, 0.1) is 11.6 Å². The van der Waals surface area contributed by atoms with E-state index in [2.05, 4.69) is 30.8 Å². The van der Waals surface area contributed by atoms with Crippen LogP contribution in [0.2, 0.25) is 5.15 Å². The average molecular weight is 522 g/mol. The molecule has 3 aromatic carbocycles. The van der Waals surface area contributed by atoms with Gasteiger partial charge >= 0.3 is 6.03 Å². The number of H-pyrrole nitrogens is 2. The normalized spacial score (nSPS) is 12.0. The predicted molar refractivity (Wildman–Crippen MR) is 138 cm³/mol. The summed E-state index contributed by atoms with van der Waals surface area (Å²) in [6, 6.07) is 16.9. The number of fused-ring (bicyclic) bond motifs is 1. The Bertz CT molecular complexity index is 1570. The van der Waals surface area contributed by atoms with Crippen molar-refractivity contribution in [2.24, 2.45) is 0 Å². The Morgan fingerprint density at radius 3 is 2.70 bits per heavy atom. The highest BCUT2D eigenvalue weighted by molar-refractivity contribution is 6.32. The molecule has 0 radical (unpaired) electrons. The molecule has 8 nitrogen and oxygen atoms in total. The van der Waals surface area contributed by atoms with Crippen molar-refractivity contribution in [3.05, 3.63) is 100 Å². The molecule has 2 amide bonds. The van der Waals surface area contributed by atoms with Crippen molar-refractivity contribution in [2.45, 2.75) is 19.0 Å². The number of aromatic amines is 2. The van der Waals surface area contributed by atoms with Crippen molar-refractivity contribution in [1.29, 1.82) is 0 Å². The van der Waals surface area contributed by atoms with E-state index < -0.39 is 23.7 Å². The Kier molecular flexibility index (Phi) is 6.74. The molecule has 11 heteroatoms. The first-order valence-corrected chi connectivity index (χ1v) is 11.8. The van der Waals surface area contributed by atoms with Crippen molar-refractivity contribution < 1.29 is 13.6 Å². The SMILES string of the molecule is Nc1n[nH]c2cc(-c3nc([C@H](Cc4ccccc4)NC(=O)NCc4cc(F)ccc4F)[nH]c3Cl)ccc12. The summed E-state index contributed by atoms with van der Waals surface area (Å²) in [4.78, 5) is 20.5. The zero-order chi connectivity index (χ0) is 25.9. The molecule has 1 atom stereocenters. The molecule has 5 aromatic rings. The highest BCUT2D eigenvalue weighted by Gasteiger charge is 2.22. The zero-order valence-corrected chi connectivity index (χ0v) is 20.1. The van der Waals surface area contributed by atoms with E-state index in [9.17, 15) is 13.6 Å². The minimum Gasteiger partial charge on any atom is -0.382 e. The van der Waals surface area contributed by atoms with Gasteiger partial charge in [0.25, 0.3) is 0 Å². The van der Waals surface area contributed by atoms with Gasteiger partial charge in [-0.2, -0.15) is 5.10 Å². The lowest BCUT2D eigenvalue weighted by Gasteiger charge is -2.18. The molecule has 0 saturated carbocycles. The van der Waals surface area contributed by atoms with E-state index in [4.69, 9.17) is 17.3 Å². The topological polar surface area (TPSA) is 125 Å². The van der Waals surface area contributed by atoms with Crippen LogP contribution in [-0.2, 0) is 13.0 Å². The number of amides is 2. The summed E-state index contributed by atoms with van der Waals surface area (Å²) in [5.74, 6) is -0.373. The molecular formula is C26H22ClF2N7O. The second-order valence-electron chi connectivity index (χ2n) is 8.46. The van der Waals surface area contributed by atoms with Crippen LogP contribution >= 0.6 is 11.6 Å². The summed E-state index contributed by atoms with van der Waals surface area (Å²) >= 11 is 6.52. The summed E-state index contributed by atoms with van der Waals surface area (Å²) in [5.41, 5.74) is 8.81.